The Hall–Kier alpha value is -2.82. The number of anilines is 2. The molecule has 0 radical (unpaired) electrons. The second-order valence-electron chi connectivity index (χ2n) is 4.67. The van der Waals surface area contributed by atoms with E-state index in [-0.39, 0.29) is 0 Å². The summed E-state index contributed by atoms with van der Waals surface area (Å²) in [6.07, 6.45) is 1.72. The van der Waals surface area contributed by atoms with Gasteiger partial charge in [0, 0.05) is 17.8 Å². The predicted octanol–water partition coefficient (Wildman–Crippen LogP) is 2.83. The number of hydrogen-bond acceptors (Lipinski definition) is 5. The second kappa shape index (κ2) is 5.66. The Bertz CT molecular complexity index is 773. The summed E-state index contributed by atoms with van der Waals surface area (Å²) < 4.78 is 5.33. The zero-order chi connectivity index (χ0) is 14.7. The summed E-state index contributed by atoms with van der Waals surface area (Å²) in [6, 6.07) is 13.3. The van der Waals surface area contributed by atoms with Crippen LogP contribution in [-0.2, 0) is 6.54 Å². The van der Waals surface area contributed by atoms with E-state index in [1.807, 2.05) is 42.5 Å². The Labute approximate surface area is 122 Å². The molecule has 0 aliphatic heterocycles. The maximum Gasteiger partial charge on any atom is 0.145 e. The van der Waals surface area contributed by atoms with Crippen molar-refractivity contribution in [3.05, 3.63) is 54.2 Å². The van der Waals surface area contributed by atoms with Gasteiger partial charge in [0.15, 0.2) is 0 Å². The van der Waals surface area contributed by atoms with Crippen LogP contribution in [0.1, 0.15) is 5.56 Å². The molecule has 0 aliphatic carbocycles. The summed E-state index contributed by atoms with van der Waals surface area (Å²) in [7, 11) is 1.64. The molecule has 2 aromatic carbocycles. The fourth-order valence-corrected chi connectivity index (χ4v) is 2.16. The lowest BCUT2D eigenvalue weighted by Crippen LogP contribution is -2.04. The summed E-state index contributed by atoms with van der Waals surface area (Å²) in [4.78, 5) is 8.90. The second-order valence-corrected chi connectivity index (χ2v) is 4.67. The molecule has 5 nitrogen and oxygen atoms in total. The van der Waals surface area contributed by atoms with Crippen LogP contribution in [0.25, 0.3) is 11.0 Å². The number of nitrogen functional groups attached to an aromatic ring is 1. The number of nitrogens with two attached hydrogens (primary N) is 1. The van der Waals surface area contributed by atoms with Gasteiger partial charge in [-0.15, -0.1) is 0 Å². The topological polar surface area (TPSA) is 73.1 Å². The monoisotopic (exact) mass is 280 g/mol. The Balaban J connectivity index is 1.81. The predicted molar refractivity (Wildman–Crippen MR) is 84.3 cm³/mol. The van der Waals surface area contributed by atoms with Crippen LogP contribution in [0.15, 0.2) is 48.7 Å². The number of aromatic nitrogens is 2. The SMILES string of the molecule is COc1ccc(N)cc1CNc1cnc2ccccc2n1. The van der Waals surface area contributed by atoms with Crippen molar-refractivity contribution < 1.29 is 4.74 Å². The van der Waals surface area contributed by atoms with E-state index in [2.05, 4.69) is 15.3 Å². The quantitative estimate of drug-likeness (QED) is 0.719. The summed E-state index contributed by atoms with van der Waals surface area (Å²) in [6.45, 7) is 0.571. The van der Waals surface area contributed by atoms with Gasteiger partial charge < -0.3 is 15.8 Å². The minimum Gasteiger partial charge on any atom is -0.496 e. The molecule has 3 N–H and O–H groups in total. The molecule has 0 spiro atoms. The van der Waals surface area contributed by atoms with Crippen LogP contribution in [0.3, 0.4) is 0 Å². The first-order valence-corrected chi connectivity index (χ1v) is 6.64. The lowest BCUT2D eigenvalue weighted by Gasteiger charge is -2.11. The molecule has 1 heterocycles. The molecule has 3 rings (SSSR count). The number of rotatable bonds is 4. The summed E-state index contributed by atoms with van der Waals surface area (Å²) >= 11 is 0. The lowest BCUT2D eigenvalue weighted by molar-refractivity contribution is 0.410. The van der Waals surface area contributed by atoms with Crippen molar-refractivity contribution in [1.82, 2.24) is 9.97 Å². The highest BCUT2D eigenvalue weighted by atomic mass is 16.5. The van der Waals surface area contributed by atoms with Gasteiger partial charge in [0.1, 0.15) is 11.6 Å². The highest BCUT2D eigenvalue weighted by molar-refractivity contribution is 5.75. The molecule has 0 atom stereocenters. The number of para-hydroxylation sites is 2. The number of nitrogens with zero attached hydrogens (tertiary/aromatic N) is 2. The van der Waals surface area contributed by atoms with Gasteiger partial charge in [0.25, 0.3) is 0 Å². The van der Waals surface area contributed by atoms with Gasteiger partial charge in [-0.05, 0) is 30.3 Å². The van der Waals surface area contributed by atoms with E-state index >= 15 is 0 Å². The first kappa shape index (κ1) is 13.2. The molecular formula is C16H16N4O. The van der Waals surface area contributed by atoms with E-state index in [0.29, 0.717) is 12.2 Å². The van der Waals surface area contributed by atoms with Crippen LogP contribution in [0.5, 0.6) is 5.75 Å². The number of fused-ring (bicyclic) bond motifs is 1. The van der Waals surface area contributed by atoms with Crippen molar-refractivity contribution in [3.8, 4) is 5.75 Å². The van der Waals surface area contributed by atoms with Gasteiger partial charge >= 0.3 is 0 Å². The van der Waals surface area contributed by atoms with E-state index < -0.39 is 0 Å². The van der Waals surface area contributed by atoms with Gasteiger partial charge in [0.05, 0.1) is 24.3 Å². The molecule has 3 aromatic rings. The van der Waals surface area contributed by atoms with E-state index in [1.165, 1.54) is 0 Å². The Morgan fingerprint density at radius 1 is 1.14 bits per heavy atom. The molecule has 1 aromatic heterocycles. The third-order valence-corrected chi connectivity index (χ3v) is 3.21. The Kier molecular flexibility index (Phi) is 3.55. The minimum atomic E-state index is 0.571. The molecule has 5 heteroatoms. The highest BCUT2D eigenvalue weighted by Crippen LogP contribution is 2.22. The molecule has 0 saturated carbocycles. The van der Waals surface area contributed by atoms with Crippen molar-refractivity contribution in [2.75, 3.05) is 18.2 Å². The largest absolute Gasteiger partial charge is 0.496 e. The smallest absolute Gasteiger partial charge is 0.145 e. The van der Waals surface area contributed by atoms with Crippen molar-refractivity contribution in [3.63, 3.8) is 0 Å². The van der Waals surface area contributed by atoms with Crippen molar-refractivity contribution >= 4 is 22.5 Å². The summed E-state index contributed by atoms with van der Waals surface area (Å²) in [5.41, 5.74) is 9.24. The number of hydrogen-bond donors (Lipinski definition) is 2. The average Bonchev–Trinajstić information content (AvgIpc) is 2.53. The number of ether oxygens (including phenoxy) is 1. The molecular weight excluding hydrogens is 264 g/mol. The number of nitrogens with one attached hydrogen (secondary N) is 1. The van der Waals surface area contributed by atoms with Gasteiger partial charge in [0.2, 0.25) is 0 Å². The van der Waals surface area contributed by atoms with Gasteiger partial charge in [-0.25, -0.2) is 4.98 Å². The summed E-state index contributed by atoms with van der Waals surface area (Å²) in [5.74, 6) is 1.52. The zero-order valence-electron chi connectivity index (χ0n) is 11.7. The van der Waals surface area contributed by atoms with E-state index in [4.69, 9.17) is 10.5 Å². The molecule has 0 amide bonds. The van der Waals surface area contributed by atoms with Crippen LogP contribution in [0, 0.1) is 0 Å². The average molecular weight is 280 g/mol. The van der Waals surface area contributed by atoms with Gasteiger partial charge in [-0.2, -0.15) is 0 Å². The molecule has 0 unspecified atom stereocenters. The Morgan fingerprint density at radius 2 is 1.95 bits per heavy atom. The maximum absolute atomic E-state index is 5.81. The Morgan fingerprint density at radius 3 is 2.76 bits per heavy atom. The van der Waals surface area contributed by atoms with Crippen molar-refractivity contribution in [2.24, 2.45) is 0 Å². The molecule has 21 heavy (non-hydrogen) atoms. The lowest BCUT2D eigenvalue weighted by atomic mass is 10.2. The van der Waals surface area contributed by atoms with E-state index in [9.17, 15) is 0 Å². The molecule has 0 bridgehead atoms. The third kappa shape index (κ3) is 2.86. The molecule has 0 aliphatic rings. The normalized spacial score (nSPS) is 10.5. The fraction of sp³-hybridized carbons (Fsp3) is 0.125. The van der Waals surface area contributed by atoms with Crippen molar-refractivity contribution in [2.45, 2.75) is 6.54 Å². The first-order chi connectivity index (χ1) is 10.3. The van der Waals surface area contributed by atoms with Crippen molar-refractivity contribution in [1.29, 1.82) is 0 Å². The first-order valence-electron chi connectivity index (χ1n) is 6.64. The third-order valence-electron chi connectivity index (χ3n) is 3.21. The number of benzene rings is 2. The maximum atomic E-state index is 5.81. The van der Waals surface area contributed by atoms with Crippen LogP contribution in [-0.4, -0.2) is 17.1 Å². The van der Waals surface area contributed by atoms with Crippen LogP contribution >= 0.6 is 0 Å². The van der Waals surface area contributed by atoms with Crippen LogP contribution in [0.2, 0.25) is 0 Å². The standard InChI is InChI=1S/C16H16N4O/c1-21-15-7-6-12(17)8-11(15)9-19-16-10-18-13-4-2-3-5-14(13)20-16/h2-8,10H,9,17H2,1H3,(H,19,20). The molecule has 106 valence electrons. The molecule has 0 saturated heterocycles. The van der Waals surface area contributed by atoms with E-state index in [0.717, 1.165) is 28.2 Å². The zero-order valence-corrected chi connectivity index (χ0v) is 11.7. The van der Waals surface area contributed by atoms with Crippen LogP contribution in [0.4, 0.5) is 11.5 Å². The number of methoxy groups -OCH3 is 1. The molecule has 0 fully saturated rings. The fourth-order valence-electron chi connectivity index (χ4n) is 2.16. The minimum absolute atomic E-state index is 0.571. The van der Waals surface area contributed by atoms with E-state index in [1.54, 1.807) is 13.3 Å². The van der Waals surface area contributed by atoms with Gasteiger partial charge in [-0.3, -0.25) is 4.98 Å². The summed E-state index contributed by atoms with van der Waals surface area (Å²) in [5, 5.41) is 3.25. The van der Waals surface area contributed by atoms with Gasteiger partial charge in [-0.1, -0.05) is 12.1 Å². The van der Waals surface area contributed by atoms with Crippen LogP contribution < -0.4 is 15.8 Å². The highest BCUT2D eigenvalue weighted by Gasteiger charge is 2.04.